The molecule has 0 aliphatic carbocycles. The van der Waals surface area contributed by atoms with Crippen molar-refractivity contribution in [1.29, 1.82) is 0 Å². The Morgan fingerprint density at radius 1 is 1.25 bits per heavy atom. The molecule has 1 fully saturated rings. The average molecular weight is 345 g/mol. The minimum absolute atomic E-state index is 0.0369. The summed E-state index contributed by atoms with van der Waals surface area (Å²) in [5.41, 5.74) is 1.02. The second-order valence-electron chi connectivity index (χ2n) is 6.07. The molecule has 1 saturated heterocycles. The third kappa shape index (κ3) is 4.11. The topological polar surface area (TPSA) is 52.0 Å². The summed E-state index contributed by atoms with van der Waals surface area (Å²) >= 11 is 0. The Kier molecular flexibility index (Phi) is 4.84. The molecule has 1 aromatic rings. The van der Waals surface area contributed by atoms with Crippen LogP contribution in [-0.4, -0.2) is 44.9 Å². The summed E-state index contributed by atoms with van der Waals surface area (Å²) in [6.45, 7) is 0.533. The fourth-order valence-electron chi connectivity index (χ4n) is 3.27. The van der Waals surface area contributed by atoms with Gasteiger partial charge in [0.05, 0.1) is 6.54 Å². The number of quaternary nitrogens is 1. The van der Waals surface area contributed by atoms with Crippen molar-refractivity contribution in [1.82, 2.24) is 5.32 Å². The predicted octanol–water partition coefficient (Wildman–Crippen LogP) is 0.856. The van der Waals surface area contributed by atoms with E-state index >= 15 is 0 Å². The number of benzene rings is 1. The van der Waals surface area contributed by atoms with Gasteiger partial charge in [0.2, 0.25) is 0 Å². The molecule has 132 valence electrons. The van der Waals surface area contributed by atoms with E-state index in [2.05, 4.69) is 0 Å². The predicted molar refractivity (Wildman–Crippen MR) is 79.2 cm³/mol. The number of amides is 1. The lowest BCUT2D eigenvalue weighted by Gasteiger charge is -2.24. The molecule has 5 nitrogen and oxygen atoms in total. The van der Waals surface area contributed by atoms with Gasteiger partial charge in [-0.3, -0.25) is 4.79 Å². The van der Waals surface area contributed by atoms with E-state index in [4.69, 9.17) is 9.47 Å². The normalized spacial score (nSPS) is 23.1. The van der Waals surface area contributed by atoms with Gasteiger partial charge in [-0.25, -0.2) is 0 Å². The first-order valence-corrected chi connectivity index (χ1v) is 8.00. The molecule has 2 aliphatic rings. The van der Waals surface area contributed by atoms with Crippen molar-refractivity contribution in [2.75, 3.05) is 32.8 Å². The van der Waals surface area contributed by atoms with Gasteiger partial charge in [-0.1, -0.05) is 0 Å². The van der Waals surface area contributed by atoms with Gasteiger partial charge in [0.1, 0.15) is 25.8 Å². The smallest absolute Gasteiger partial charge is 0.405 e. The molecule has 0 bridgehead atoms. The van der Waals surface area contributed by atoms with Gasteiger partial charge in [0, 0.05) is 18.4 Å². The molecule has 8 heteroatoms. The number of likely N-dealkylation sites (tertiary alicyclic amines) is 1. The van der Waals surface area contributed by atoms with Gasteiger partial charge in [0.25, 0.3) is 5.91 Å². The fraction of sp³-hybridized carbons (Fsp3) is 0.562. The quantitative estimate of drug-likeness (QED) is 0.851. The molecule has 1 amide bonds. The van der Waals surface area contributed by atoms with Crippen LogP contribution in [0, 0.1) is 0 Å². The number of nitrogens with one attached hydrogen (secondary N) is 2. The van der Waals surface area contributed by atoms with Gasteiger partial charge in [-0.2, -0.15) is 13.2 Å². The lowest BCUT2D eigenvalue weighted by atomic mass is 10.0. The van der Waals surface area contributed by atoms with E-state index in [1.54, 1.807) is 0 Å². The van der Waals surface area contributed by atoms with Crippen molar-refractivity contribution in [2.45, 2.75) is 25.1 Å². The van der Waals surface area contributed by atoms with Gasteiger partial charge >= 0.3 is 6.18 Å². The summed E-state index contributed by atoms with van der Waals surface area (Å²) in [4.78, 5) is 12.8. The van der Waals surface area contributed by atoms with Crippen LogP contribution in [-0.2, 0) is 4.79 Å². The van der Waals surface area contributed by atoms with Crippen LogP contribution in [0.25, 0.3) is 0 Å². The molecule has 1 unspecified atom stereocenters. The highest BCUT2D eigenvalue weighted by molar-refractivity contribution is 5.76. The van der Waals surface area contributed by atoms with Crippen LogP contribution in [0.2, 0.25) is 0 Å². The largest absolute Gasteiger partial charge is 0.486 e. The van der Waals surface area contributed by atoms with E-state index in [0.29, 0.717) is 24.7 Å². The van der Waals surface area contributed by atoms with E-state index in [9.17, 15) is 18.0 Å². The molecule has 0 saturated carbocycles. The third-order valence-electron chi connectivity index (χ3n) is 4.33. The minimum atomic E-state index is -4.38. The van der Waals surface area contributed by atoms with Crippen molar-refractivity contribution in [3.63, 3.8) is 0 Å². The van der Waals surface area contributed by atoms with Crippen LogP contribution in [0.15, 0.2) is 18.2 Å². The first kappa shape index (κ1) is 16.9. The number of carbonyl (C=O) groups excluding carboxylic acids is 1. The average Bonchev–Trinajstić information content (AvgIpc) is 3.00. The standard InChI is InChI=1S/C16H19F3N2O3/c17-16(18,19)10-20-15(22)9-21-5-1-2-12(21)11-3-4-13-14(8-11)24-7-6-23-13/h3-4,8,12H,1-2,5-7,9-10H2,(H,20,22)/p+1/t12-/m1/s1. The first-order chi connectivity index (χ1) is 11.4. The molecule has 0 aromatic heterocycles. The number of fused-ring (bicyclic) bond motifs is 1. The van der Waals surface area contributed by atoms with Crippen molar-refractivity contribution >= 4 is 5.91 Å². The van der Waals surface area contributed by atoms with Crippen LogP contribution in [0.4, 0.5) is 13.2 Å². The summed E-state index contributed by atoms with van der Waals surface area (Å²) in [7, 11) is 0. The number of halogens is 3. The molecule has 2 aliphatic heterocycles. The van der Waals surface area contributed by atoms with Crippen molar-refractivity contribution < 1.29 is 32.3 Å². The maximum absolute atomic E-state index is 12.2. The van der Waals surface area contributed by atoms with Gasteiger partial charge in [-0.05, 0) is 18.2 Å². The maximum Gasteiger partial charge on any atom is 0.405 e. The highest BCUT2D eigenvalue weighted by Crippen LogP contribution is 2.33. The Morgan fingerprint density at radius 2 is 2.00 bits per heavy atom. The zero-order valence-corrected chi connectivity index (χ0v) is 13.1. The van der Waals surface area contributed by atoms with E-state index in [1.165, 1.54) is 0 Å². The molecule has 2 N–H and O–H groups in total. The molecule has 2 atom stereocenters. The van der Waals surface area contributed by atoms with Crippen LogP contribution in [0.3, 0.4) is 0 Å². The Morgan fingerprint density at radius 3 is 2.75 bits per heavy atom. The molecule has 0 spiro atoms. The highest BCUT2D eigenvalue weighted by atomic mass is 19.4. The number of hydrogen-bond acceptors (Lipinski definition) is 3. The Labute approximate surface area is 137 Å². The third-order valence-corrected chi connectivity index (χ3v) is 4.33. The lowest BCUT2D eigenvalue weighted by Crippen LogP contribution is -3.11. The number of ether oxygens (including phenoxy) is 2. The summed E-state index contributed by atoms with van der Waals surface area (Å²) in [5, 5.41) is 1.94. The van der Waals surface area contributed by atoms with Crippen molar-refractivity contribution in [3.05, 3.63) is 23.8 Å². The van der Waals surface area contributed by atoms with E-state index in [-0.39, 0.29) is 12.6 Å². The van der Waals surface area contributed by atoms with Crippen LogP contribution in [0.1, 0.15) is 24.4 Å². The highest BCUT2D eigenvalue weighted by Gasteiger charge is 2.34. The van der Waals surface area contributed by atoms with Crippen LogP contribution in [0.5, 0.6) is 11.5 Å². The number of rotatable bonds is 4. The van der Waals surface area contributed by atoms with Crippen LogP contribution >= 0.6 is 0 Å². The zero-order chi connectivity index (χ0) is 17.2. The Balaban J connectivity index is 1.64. The molecular formula is C16H20F3N2O3+. The van der Waals surface area contributed by atoms with Gasteiger partial charge in [0.15, 0.2) is 18.0 Å². The summed E-state index contributed by atoms with van der Waals surface area (Å²) in [6.07, 6.45) is -2.56. The lowest BCUT2D eigenvalue weighted by molar-refractivity contribution is -0.910. The van der Waals surface area contributed by atoms with Gasteiger partial charge in [-0.15, -0.1) is 0 Å². The van der Waals surface area contributed by atoms with Crippen molar-refractivity contribution in [2.24, 2.45) is 0 Å². The fourth-order valence-corrected chi connectivity index (χ4v) is 3.27. The molecule has 2 heterocycles. The monoisotopic (exact) mass is 345 g/mol. The second-order valence-corrected chi connectivity index (χ2v) is 6.07. The Bertz CT molecular complexity index is 607. The molecule has 24 heavy (non-hydrogen) atoms. The summed E-state index contributed by atoms with van der Waals surface area (Å²) in [5.74, 6) is 0.811. The second kappa shape index (κ2) is 6.88. The molecule has 1 aromatic carbocycles. The van der Waals surface area contributed by atoms with Gasteiger partial charge < -0.3 is 19.7 Å². The first-order valence-electron chi connectivity index (χ1n) is 8.00. The van der Waals surface area contributed by atoms with E-state index in [0.717, 1.165) is 29.8 Å². The van der Waals surface area contributed by atoms with Crippen LogP contribution < -0.4 is 19.7 Å². The number of alkyl halides is 3. The van der Waals surface area contributed by atoms with E-state index < -0.39 is 18.6 Å². The molecular weight excluding hydrogens is 325 g/mol. The summed E-state index contributed by atoms with van der Waals surface area (Å²) < 4.78 is 47.6. The number of hydrogen-bond donors (Lipinski definition) is 2. The zero-order valence-electron chi connectivity index (χ0n) is 13.1. The minimum Gasteiger partial charge on any atom is -0.486 e. The molecule has 0 radical (unpaired) electrons. The SMILES string of the molecule is O=C(C[NH+]1CCC[C@@H]1c1ccc2c(c1)OCCO2)NCC(F)(F)F. The van der Waals surface area contributed by atoms with E-state index in [1.807, 2.05) is 23.5 Å². The molecule has 3 rings (SSSR count). The number of carbonyl (C=O) groups is 1. The van der Waals surface area contributed by atoms with Crippen molar-refractivity contribution in [3.8, 4) is 11.5 Å². The Hall–Kier alpha value is -1.96. The summed E-state index contributed by atoms with van der Waals surface area (Å²) in [6, 6.07) is 5.79. The maximum atomic E-state index is 12.2.